The smallest absolute Gasteiger partial charge is 0.137 e. The van der Waals surface area contributed by atoms with Gasteiger partial charge in [-0.2, -0.15) is 0 Å². The number of nitrogens with two attached hydrogens (primary N) is 1. The number of hydrogen-bond donors (Lipinski definition) is 1. The van der Waals surface area contributed by atoms with E-state index < -0.39 is 0 Å². The highest BCUT2D eigenvalue weighted by Gasteiger charge is 2.23. The summed E-state index contributed by atoms with van der Waals surface area (Å²) in [6.45, 7) is 7.20. The third kappa shape index (κ3) is 3.51. The van der Waals surface area contributed by atoms with Crippen molar-refractivity contribution in [2.75, 3.05) is 13.1 Å². The average molecular weight is 280 g/mol. The molecule has 0 spiro atoms. The van der Waals surface area contributed by atoms with Gasteiger partial charge in [0.15, 0.2) is 0 Å². The molecule has 0 aromatic heterocycles. The van der Waals surface area contributed by atoms with Crippen LogP contribution in [-0.2, 0) is 6.54 Å². The van der Waals surface area contributed by atoms with Crippen LogP contribution in [0.3, 0.4) is 0 Å². The van der Waals surface area contributed by atoms with Gasteiger partial charge in [-0.1, -0.05) is 38.2 Å². The van der Waals surface area contributed by atoms with Crippen molar-refractivity contribution < 1.29 is 4.39 Å². The van der Waals surface area contributed by atoms with E-state index in [1.165, 1.54) is 6.42 Å². The zero-order valence-electron chi connectivity index (χ0n) is 11.5. The molecule has 2 nitrogen and oxygen atoms in total. The maximum Gasteiger partial charge on any atom is 0.137 e. The van der Waals surface area contributed by atoms with Gasteiger partial charge in [0.25, 0.3) is 0 Å². The van der Waals surface area contributed by atoms with Gasteiger partial charge in [-0.3, -0.25) is 4.90 Å². The van der Waals surface area contributed by atoms with Crippen LogP contribution < -0.4 is 5.73 Å². The van der Waals surface area contributed by atoms with E-state index >= 15 is 0 Å². The van der Waals surface area contributed by atoms with Crippen molar-refractivity contribution in [1.82, 2.24) is 4.90 Å². The highest BCUT2D eigenvalue weighted by Crippen LogP contribution is 2.23. The number of hydrogen-bond acceptors (Lipinski definition) is 2. The Morgan fingerprint density at radius 3 is 2.58 bits per heavy atom. The molecule has 0 bridgehead atoms. The van der Waals surface area contributed by atoms with E-state index in [0.29, 0.717) is 29.5 Å². The van der Waals surface area contributed by atoms with Gasteiger partial charge in [0.2, 0.25) is 0 Å². The van der Waals surface area contributed by atoms with Gasteiger partial charge in [0.1, 0.15) is 10.8 Å². The Labute approximate surface area is 119 Å². The minimum Gasteiger partial charge on any atom is -0.389 e. The second kappa shape index (κ2) is 5.97. The van der Waals surface area contributed by atoms with Gasteiger partial charge < -0.3 is 5.73 Å². The molecule has 4 heteroatoms. The summed E-state index contributed by atoms with van der Waals surface area (Å²) in [5.74, 6) is 1.08. The molecule has 1 heterocycles. The Morgan fingerprint density at radius 2 is 2.00 bits per heavy atom. The lowest BCUT2D eigenvalue weighted by atomic mass is 9.91. The van der Waals surface area contributed by atoms with Crippen LogP contribution in [0.4, 0.5) is 4.39 Å². The zero-order chi connectivity index (χ0) is 14.0. The van der Waals surface area contributed by atoms with Crippen LogP contribution >= 0.6 is 12.2 Å². The van der Waals surface area contributed by atoms with Gasteiger partial charge >= 0.3 is 0 Å². The fraction of sp³-hybridized carbons (Fsp3) is 0.533. The zero-order valence-corrected chi connectivity index (χ0v) is 12.3. The summed E-state index contributed by atoms with van der Waals surface area (Å²) in [5, 5.41) is 0. The summed E-state index contributed by atoms with van der Waals surface area (Å²) < 4.78 is 14.3. The van der Waals surface area contributed by atoms with E-state index in [0.717, 1.165) is 13.1 Å². The molecule has 0 aliphatic carbocycles. The molecule has 2 rings (SSSR count). The van der Waals surface area contributed by atoms with Crippen molar-refractivity contribution in [2.24, 2.45) is 17.6 Å². The number of halogens is 1. The maximum absolute atomic E-state index is 14.3. The molecule has 104 valence electrons. The second-order valence-corrected chi connectivity index (χ2v) is 6.22. The van der Waals surface area contributed by atoms with Gasteiger partial charge in [-0.15, -0.1) is 0 Å². The van der Waals surface area contributed by atoms with E-state index in [1.54, 1.807) is 6.07 Å². The van der Waals surface area contributed by atoms with Crippen LogP contribution in [0.25, 0.3) is 0 Å². The van der Waals surface area contributed by atoms with Crippen LogP contribution in [0.2, 0.25) is 0 Å². The van der Waals surface area contributed by atoms with E-state index in [1.807, 2.05) is 12.1 Å². The molecule has 0 saturated carbocycles. The van der Waals surface area contributed by atoms with Gasteiger partial charge in [0, 0.05) is 30.8 Å². The predicted octanol–water partition coefficient (Wildman–Crippen LogP) is 2.94. The minimum absolute atomic E-state index is 0.125. The second-order valence-electron chi connectivity index (χ2n) is 5.78. The summed E-state index contributed by atoms with van der Waals surface area (Å²) >= 11 is 4.88. The number of likely N-dealkylation sites (tertiary alicyclic amines) is 1. The normalized spacial score (nSPS) is 24.4. The summed E-state index contributed by atoms with van der Waals surface area (Å²) in [6, 6.07) is 5.29. The lowest BCUT2D eigenvalue weighted by molar-refractivity contribution is 0.133. The van der Waals surface area contributed by atoms with E-state index in [2.05, 4.69) is 18.7 Å². The summed E-state index contributed by atoms with van der Waals surface area (Å²) in [6.07, 6.45) is 1.26. The molecule has 1 aromatic carbocycles. The summed E-state index contributed by atoms with van der Waals surface area (Å²) in [7, 11) is 0. The van der Waals surface area contributed by atoms with Crippen molar-refractivity contribution in [3.05, 3.63) is 35.1 Å². The number of rotatable bonds is 3. The lowest BCUT2D eigenvalue weighted by Crippen LogP contribution is -2.38. The van der Waals surface area contributed by atoms with Crippen molar-refractivity contribution in [2.45, 2.75) is 26.8 Å². The first-order valence-corrected chi connectivity index (χ1v) is 7.17. The third-order valence-electron chi connectivity index (χ3n) is 3.68. The molecule has 2 atom stereocenters. The van der Waals surface area contributed by atoms with Crippen molar-refractivity contribution in [1.29, 1.82) is 0 Å². The molecule has 19 heavy (non-hydrogen) atoms. The SMILES string of the molecule is CC1CC(C)CN(Cc2cccc(C(N)=S)c2F)C1. The quantitative estimate of drug-likeness (QED) is 0.863. The third-order valence-corrected chi connectivity index (χ3v) is 3.90. The van der Waals surface area contributed by atoms with Crippen LogP contribution in [0.1, 0.15) is 31.4 Å². The van der Waals surface area contributed by atoms with Gasteiger partial charge in [-0.05, 0) is 24.3 Å². The Balaban J connectivity index is 2.15. The monoisotopic (exact) mass is 280 g/mol. The molecule has 0 amide bonds. The molecule has 0 radical (unpaired) electrons. The summed E-state index contributed by atoms with van der Waals surface area (Å²) in [5.41, 5.74) is 6.58. The Morgan fingerprint density at radius 1 is 1.37 bits per heavy atom. The summed E-state index contributed by atoms with van der Waals surface area (Å²) in [4.78, 5) is 2.44. The Hall–Kier alpha value is -1.00. The average Bonchev–Trinajstić information content (AvgIpc) is 2.30. The maximum atomic E-state index is 14.3. The lowest BCUT2D eigenvalue weighted by Gasteiger charge is -2.35. The first kappa shape index (κ1) is 14.4. The molecule has 1 aliphatic heterocycles. The highest BCUT2D eigenvalue weighted by molar-refractivity contribution is 7.80. The predicted molar refractivity (Wildman–Crippen MR) is 80.5 cm³/mol. The largest absolute Gasteiger partial charge is 0.389 e. The van der Waals surface area contributed by atoms with E-state index in [-0.39, 0.29) is 10.8 Å². The van der Waals surface area contributed by atoms with E-state index in [9.17, 15) is 4.39 Å². The van der Waals surface area contributed by atoms with Crippen molar-refractivity contribution >= 4 is 17.2 Å². The standard InChI is InChI=1S/C15H21FN2S/c1-10-6-11(2)8-18(7-10)9-12-4-3-5-13(14(12)16)15(17)19/h3-5,10-11H,6-9H2,1-2H3,(H2,17,19). The molecule has 2 N–H and O–H groups in total. The molecule has 1 aromatic rings. The fourth-order valence-corrected chi connectivity index (χ4v) is 3.21. The number of thiocarbonyl (C=S) groups is 1. The topological polar surface area (TPSA) is 29.3 Å². The molecule has 1 saturated heterocycles. The Bertz CT molecular complexity index is 465. The molecule has 1 fully saturated rings. The van der Waals surface area contributed by atoms with E-state index in [4.69, 9.17) is 18.0 Å². The van der Waals surface area contributed by atoms with Crippen molar-refractivity contribution in [3.63, 3.8) is 0 Å². The van der Waals surface area contributed by atoms with Crippen LogP contribution in [0.15, 0.2) is 18.2 Å². The minimum atomic E-state index is -0.263. The fourth-order valence-electron chi connectivity index (χ4n) is 3.05. The number of piperidine rings is 1. The molecule has 1 aliphatic rings. The van der Waals surface area contributed by atoms with Crippen LogP contribution in [-0.4, -0.2) is 23.0 Å². The number of benzene rings is 1. The van der Waals surface area contributed by atoms with Crippen molar-refractivity contribution in [3.8, 4) is 0 Å². The van der Waals surface area contributed by atoms with Crippen LogP contribution in [0, 0.1) is 17.7 Å². The highest BCUT2D eigenvalue weighted by atomic mass is 32.1. The Kier molecular flexibility index (Phi) is 4.53. The van der Waals surface area contributed by atoms with Gasteiger partial charge in [0.05, 0.1) is 0 Å². The molecular weight excluding hydrogens is 259 g/mol. The first-order valence-electron chi connectivity index (χ1n) is 6.77. The molecular formula is C15H21FN2S. The molecule has 2 unspecified atom stereocenters. The van der Waals surface area contributed by atoms with Gasteiger partial charge in [-0.25, -0.2) is 4.39 Å². The first-order chi connectivity index (χ1) is 8.97. The van der Waals surface area contributed by atoms with Crippen LogP contribution in [0.5, 0.6) is 0 Å². The number of nitrogens with zero attached hydrogens (tertiary/aromatic N) is 1.